The first-order chi connectivity index (χ1) is 10.5. The number of rotatable bonds is 2. The van der Waals surface area contributed by atoms with Gasteiger partial charge in [-0.05, 0) is 18.2 Å². The molecule has 0 aliphatic carbocycles. The molecule has 3 aromatic rings. The van der Waals surface area contributed by atoms with E-state index in [2.05, 4.69) is 5.10 Å². The molecule has 22 heavy (non-hydrogen) atoms. The number of non-ortho nitro benzene ring substituents is 1. The molecule has 0 unspecified atom stereocenters. The number of nitrogens with zero attached hydrogens (tertiary/aromatic N) is 3. The number of hydrogen-bond acceptors (Lipinski definition) is 4. The number of halogens is 2. The van der Waals surface area contributed by atoms with Crippen LogP contribution in [0.5, 0.6) is 0 Å². The zero-order valence-corrected chi connectivity index (χ0v) is 10.9. The van der Waals surface area contributed by atoms with Crippen LogP contribution in [0, 0.1) is 21.7 Å². The molecule has 0 fully saturated rings. The molecule has 0 radical (unpaired) electrons. The zero-order valence-electron chi connectivity index (χ0n) is 10.9. The lowest BCUT2D eigenvalue weighted by atomic mass is 10.2. The topological polar surface area (TPSA) is 78.0 Å². The third-order valence-electron chi connectivity index (χ3n) is 3.12. The summed E-state index contributed by atoms with van der Waals surface area (Å²) in [6.45, 7) is 0. The van der Waals surface area contributed by atoms with Crippen LogP contribution in [0.1, 0.15) is 0 Å². The Bertz CT molecular complexity index is 969. The number of aromatic nitrogens is 2. The van der Waals surface area contributed by atoms with E-state index in [-0.39, 0.29) is 16.8 Å². The molecular weight excluding hydrogens is 296 g/mol. The van der Waals surface area contributed by atoms with Gasteiger partial charge in [-0.1, -0.05) is 0 Å². The van der Waals surface area contributed by atoms with E-state index in [0.29, 0.717) is 11.5 Å². The summed E-state index contributed by atoms with van der Waals surface area (Å²) in [4.78, 5) is 22.5. The van der Waals surface area contributed by atoms with Gasteiger partial charge in [0.05, 0.1) is 16.5 Å². The largest absolute Gasteiger partial charge is 0.279 e. The van der Waals surface area contributed by atoms with Crippen molar-refractivity contribution in [3.8, 4) is 5.69 Å². The van der Waals surface area contributed by atoms with Gasteiger partial charge < -0.3 is 0 Å². The lowest BCUT2D eigenvalue weighted by Gasteiger charge is -2.07. The van der Waals surface area contributed by atoms with Crippen LogP contribution >= 0.6 is 0 Å². The minimum absolute atomic E-state index is 0.0212. The molecule has 8 heteroatoms. The van der Waals surface area contributed by atoms with E-state index in [1.165, 1.54) is 18.3 Å². The third-order valence-corrected chi connectivity index (χ3v) is 3.12. The Morgan fingerprint density at radius 1 is 1.14 bits per heavy atom. The second-order valence-corrected chi connectivity index (χ2v) is 4.49. The summed E-state index contributed by atoms with van der Waals surface area (Å²) in [6, 6.07) is 6.41. The predicted octanol–water partition coefficient (Wildman–Crippen LogP) is 2.57. The summed E-state index contributed by atoms with van der Waals surface area (Å²) in [6.07, 6.45) is 1.28. The predicted molar refractivity (Wildman–Crippen MR) is 73.9 cm³/mol. The fourth-order valence-electron chi connectivity index (χ4n) is 2.07. The van der Waals surface area contributed by atoms with Crippen LogP contribution in [-0.4, -0.2) is 14.7 Å². The minimum Gasteiger partial charge on any atom is -0.267 e. The van der Waals surface area contributed by atoms with Crippen LogP contribution in [0.2, 0.25) is 0 Å². The third kappa shape index (κ3) is 2.20. The van der Waals surface area contributed by atoms with E-state index < -0.39 is 22.1 Å². The molecule has 0 amide bonds. The Hall–Kier alpha value is -3.16. The molecule has 1 aromatic heterocycles. The molecule has 110 valence electrons. The number of fused-ring (bicyclic) bond motifs is 1. The van der Waals surface area contributed by atoms with Gasteiger partial charge in [-0.25, -0.2) is 8.78 Å². The SMILES string of the molecule is O=c1c2cc([N+](=O)[O-])ccc2cnn1-c1ccc(F)cc1F. The van der Waals surface area contributed by atoms with Gasteiger partial charge in [-0.15, -0.1) is 0 Å². The maximum absolute atomic E-state index is 13.8. The lowest BCUT2D eigenvalue weighted by Crippen LogP contribution is -2.22. The normalized spacial score (nSPS) is 10.8. The highest BCUT2D eigenvalue weighted by Crippen LogP contribution is 2.18. The van der Waals surface area contributed by atoms with Crippen molar-refractivity contribution in [3.05, 3.63) is 74.7 Å². The van der Waals surface area contributed by atoms with Gasteiger partial charge in [-0.3, -0.25) is 14.9 Å². The van der Waals surface area contributed by atoms with E-state index in [9.17, 15) is 23.7 Å². The Balaban J connectivity index is 2.29. The first kappa shape index (κ1) is 13.8. The lowest BCUT2D eigenvalue weighted by molar-refractivity contribution is -0.384. The van der Waals surface area contributed by atoms with Crippen molar-refractivity contribution >= 4 is 16.5 Å². The monoisotopic (exact) mass is 303 g/mol. The van der Waals surface area contributed by atoms with Gasteiger partial charge in [0.15, 0.2) is 5.82 Å². The second-order valence-electron chi connectivity index (χ2n) is 4.49. The molecule has 0 aliphatic rings. The molecule has 0 saturated heterocycles. The Morgan fingerprint density at radius 3 is 2.59 bits per heavy atom. The Kier molecular flexibility index (Phi) is 3.13. The van der Waals surface area contributed by atoms with Crippen molar-refractivity contribution in [2.24, 2.45) is 0 Å². The standard InChI is InChI=1S/C14H7F2N3O3/c15-9-2-4-13(12(16)5-9)18-14(20)11-6-10(19(21)22)3-1-8(11)7-17-18/h1-7H. The highest BCUT2D eigenvalue weighted by atomic mass is 19.1. The maximum Gasteiger partial charge on any atom is 0.279 e. The van der Waals surface area contributed by atoms with Gasteiger partial charge in [0.25, 0.3) is 11.2 Å². The fraction of sp³-hybridized carbons (Fsp3) is 0. The Morgan fingerprint density at radius 2 is 1.91 bits per heavy atom. The summed E-state index contributed by atoms with van der Waals surface area (Å²) in [7, 11) is 0. The summed E-state index contributed by atoms with van der Waals surface area (Å²) < 4.78 is 27.4. The van der Waals surface area contributed by atoms with Gasteiger partial charge in [-0.2, -0.15) is 9.78 Å². The molecule has 0 spiro atoms. The highest BCUT2D eigenvalue weighted by Gasteiger charge is 2.14. The quantitative estimate of drug-likeness (QED) is 0.538. The molecule has 0 atom stereocenters. The molecule has 6 nitrogen and oxygen atoms in total. The van der Waals surface area contributed by atoms with E-state index in [0.717, 1.165) is 22.9 Å². The molecule has 1 heterocycles. The molecular formula is C14H7F2N3O3. The first-order valence-corrected chi connectivity index (χ1v) is 6.09. The van der Waals surface area contributed by atoms with Gasteiger partial charge >= 0.3 is 0 Å². The van der Waals surface area contributed by atoms with Crippen LogP contribution in [0.4, 0.5) is 14.5 Å². The minimum atomic E-state index is -0.959. The second kappa shape index (κ2) is 4.99. The number of nitro benzene ring substituents is 1. The molecule has 0 saturated carbocycles. The van der Waals surface area contributed by atoms with Gasteiger partial charge in [0.1, 0.15) is 11.5 Å². The van der Waals surface area contributed by atoms with E-state index >= 15 is 0 Å². The molecule has 0 bridgehead atoms. The van der Waals surface area contributed by atoms with Crippen molar-refractivity contribution in [2.75, 3.05) is 0 Å². The van der Waals surface area contributed by atoms with Gasteiger partial charge in [0.2, 0.25) is 0 Å². The number of nitro groups is 1. The van der Waals surface area contributed by atoms with Crippen molar-refractivity contribution in [1.82, 2.24) is 9.78 Å². The maximum atomic E-state index is 13.8. The summed E-state index contributed by atoms with van der Waals surface area (Å²) in [5.74, 6) is -1.75. The van der Waals surface area contributed by atoms with E-state index in [4.69, 9.17) is 0 Å². The van der Waals surface area contributed by atoms with E-state index in [1.807, 2.05) is 0 Å². The van der Waals surface area contributed by atoms with E-state index in [1.54, 1.807) is 0 Å². The van der Waals surface area contributed by atoms with Crippen molar-refractivity contribution < 1.29 is 13.7 Å². The van der Waals surface area contributed by atoms with Crippen LogP contribution in [0.3, 0.4) is 0 Å². The van der Waals surface area contributed by atoms with Crippen molar-refractivity contribution in [1.29, 1.82) is 0 Å². The first-order valence-electron chi connectivity index (χ1n) is 6.09. The van der Waals surface area contributed by atoms with Crippen molar-refractivity contribution in [3.63, 3.8) is 0 Å². The van der Waals surface area contributed by atoms with Crippen molar-refractivity contribution in [2.45, 2.75) is 0 Å². The molecule has 0 aliphatic heterocycles. The van der Waals surface area contributed by atoms with Gasteiger partial charge in [0, 0.05) is 23.6 Å². The average Bonchev–Trinajstić information content (AvgIpc) is 2.48. The van der Waals surface area contributed by atoms with Crippen LogP contribution in [-0.2, 0) is 0 Å². The van der Waals surface area contributed by atoms with Crippen LogP contribution in [0.15, 0.2) is 47.4 Å². The smallest absolute Gasteiger partial charge is 0.267 e. The molecule has 2 aromatic carbocycles. The zero-order chi connectivity index (χ0) is 15.9. The summed E-state index contributed by atoms with van der Waals surface area (Å²) >= 11 is 0. The number of hydrogen-bond donors (Lipinski definition) is 0. The molecule has 3 rings (SSSR count). The van der Waals surface area contributed by atoms with Crippen LogP contribution < -0.4 is 5.56 Å². The average molecular weight is 303 g/mol. The highest BCUT2D eigenvalue weighted by molar-refractivity contribution is 5.83. The van der Waals surface area contributed by atoms with Crippen LogP contribution in [0.25, 0.3) is 16.5 Å². The molecule has 0 N–H and O–H groups in total. The fourth-order valence-corrected chi connectivity index (χ4v) is 2.07. The summed E-state index contributed by atoms with van der Waals surface area (Å²) in [5.41, 5.74) is -1.23. The Labute approximate surface area is 121 Å². The number of benzene rings is 2. The summed E-state index contributed by atoms with van der Waals surface area (Å²) in [5, 5.41) is 15.0.